The minimum absolute atomic E-state index is 0.0562. The molecule has 0 aliphatic heterocycles. The summed E-state index contributed by atoms with van der Waals surface area (Å²) >= 11 is 0. The number of unbranched alkanes of at least 4 members (excludes halogenated alkanes) is 1. The van der Waals surface area contributed by atoms with Gasteiger partial charge in [-0.25, -0.2) is 4.79 Å². The zero-order valence-electron chi connectivity index (χ0n) is 13.8. The van der Waals surface area contributed by atoms with Gasteiger partial charge in [0.25, 0.3) is 5.56 Å². The predicted molar refractivity (Wildman–Crippen MR) is 88.1 cm³/mol. The minimum Gasteiger partial charge on any atom is -0.383 e. The van der Waals surface area contributed by atoms with Gasteiger partial charge in [-0.3, -0.25) is 19.1 Å². The Morgan fingerprint density at radius 2 is 1.95 bits per heavy atom. The Hall–Kier alpha value is -2.05. The SMILES string of the molecule is CCCCn1c(N)c(N(CC)C(=O)C(C)CC)c(=O)[nH]c1=O. The molecule has 7 nitrogen and oxygen atoms in total. The number of anilines is 2. The van der Waals surface area contributed by atoms with Gasteiger partial charge in [0.15, 0.2) is 5.69 Å². The van der Waals surface area contributed by atoms with Crippen LogP contribution in [0.2, 0.25) is 0 Å². The fourth-order valence-corrected chi connectivity index (χ4v) is 2.24. The number of nitrogens with two attached hydrogens (primary N) is 1. The molecule has 1 aromatic heterocycles. The van der Waals surface area contributed by atoms with Gasteiger partial charge in [0.05, 0.1) is 0 Å². The maximum absolute atomic E-state index is 12.5. The highest BCUT2D eigenvalue weighted by atomic mass is 16.2. The molecule has 0 aromatic carbocycles. The summed E-state index contributed by atoms with van der Waals surface area (Å²) in [4.78, 5) is 40.2. The summed E-state index contributed by atoms with van der Waals surface area (Å²) < 4.78 is 1.33. The molecule has 7 heteroatoms. The number of nitrogen functional groups attached to an aromatic ring is 1. The predicted octanol–water partition coefficient (Wildman–Crippen LogP) is 1.32. The molecule has 1 atom stereocenters. The summed E-state index contributed by atoms with van der Waals surface area (Å²) in [5.74, 6) is -0.321. The molecule has 1 aromatic rings. The first-order chi connectivity index (χ1) is 10.4. The molecule has 1 amide bonds. The molecule has 0 bridgehead atoms. The number of amides is 1. The Morgan fingerprint density at radius 1 is 1.32 bits per heavy atom. The molecule has 0 spiro atoms. The summed E-state index contributed by atoms with van der Waals surface area (Å²) in [6, 6.07) is 0. The van der Waals surface area contributed by atoms with Gasteiger partial charge in [-0.15, -0.1) is 0 Å². The van der Waals surface area contributed by atoms with E-state index in [1.54, 1.807) is 6.92 Å². The molecule has 0 aliphatic rings. The first-order valence-electron chi connectivity index (χ1n) is 7.82. The summed E-state index contributed by atoms with van der Waals surface area (Å²) in [7, 11) is 0. The summed E-state index contributed by atoms with van der Waals surface area (Å²) in [6.07, 6.45) is 2.33. The van der Waals surface area contributed by atoms with Crippen molar-refractivity contribution < 1.29 is 4.79 Å². The number of nitrogens with zero attached hydrogens (tertiary/aromatic N) is 2. The zero-order valence-corrected chi connectivity index (χ0v) is 13.8. The van der Waals surface area contributed by atoms with E-state index in [-0.39, 0.29) is 23.3 Å². The highest BCUT2D eigenvalue weighted by molar-refractivity contribution is 5.96. The monoisotopic (exact) mass is 310 g/mol. The fraction of sp³-hybridized carbons (Fsp3) is 0.667. The van der Waals surface area contributed by atoms with E-state index in [1.807, 2.05) is 20.8 Å². The number of hydrogen-bond donors (Lipinski definition) is 2. The molecule has 0 radical (unpaired) electrons. The van der Waals surface area contributed by atoms with E-state index < -0.39 is 11.2 Å². The molecule has 22 heavy (non-hydrogen) atoms. The Morgan fingerprint density at radius 3 is 2.45 bits per heavy atom. The molecule has 0 aliphatic carbocycles. The van der Waals surface area contributed by atoms with Gasteiger partial charge >= 0.3 is 5.69 Å². The number of nitrogens with one attached hydrogen (secondary N) is 1. The number of carbonyl (C=O) groups excluding carboxylic acids is 1. The molecule has 0 fully saturated rings. The third-order valence-electron chi connectivity index (χ3n) is 3.84. The van der Waals surface area contributed by atoms with E-state index >= 15 is 0 Å². The minimum atomic E-state index is -0.617. The lowest BCUT2D eigenvalue weighted by molar-refractivity contribution is -0.121. The van der Waals surface area contributed by atoms with Crippen molar-refractivity contribution in [2.75, 3.05) is 17.2 Å². The quantitative estimate of drug-likeness (QED) is 0.793. The number of aromatic amines is 1. The van der Waals surface area contributed by atoms with Gasteiger partial charge in [0, 0.05) is 19.0 Å². The lowest BCUT2D eigenvalue weighted by Crippen LogP contribution is -2.42. The number of H-pyrrole nitrogens is 1. The standard InChI is InChI=1S/C15H26N4O3/c1-5-8-9-19-12(16)11(13(20)17-15(19)22)18(7-3)14(21)10(4)6-2/h10H,5-9,16H2,1-4H3,(H,17,20,22). The zero-order chi connectivity index (χ0) is 16.9. The molecule has 0 saturated carbocycles. The largest absolute Gasteiger partial charge is 0.383 e. The first-order valence-corrected chi connectivity index (χ1v) is 7.82. The normalized spacial score (nSPS) is 12.2. The summed E-state index contributed by atoms with van der Waals surface area (Å²) in [6.45, 7) is 8.23. The first kappa shape index (κ1) is 18.0. The summed E-state index contributed by atoms with van der Waals surface area (Å²) in [5, 5.41) is 0. The van der Waals surface area contributed by atoms with Crippen LogP contribution in [-0.2, 0) is 11.3 Å². The van der Waals surface area contributed by atoms with E-state index in [0.717, 1.165) is 12.8 Å². The number of hydrogen-bond acceptors (Lipinski definition) is 4. The van der Waals surface area contributed by atoms with Crippen LogP contribution in [0.3, 0.4) is 0 Å². The van der Waals surface area contributed by atoms with Crippen LogP contribution in [-0.4, -0.2) is 22.0 Å². The highest BCUT2D eigenvalue weighted by Crippen LogP contribution is 2.20. The third kappa shape index (κ3) is 3.58. The average Bonchev–Trinajstić information content (AvgIpc) is 2.49. The molecule has 124 valence electrons. The van der Waals surface area contributed by atoms with Crippen molar-refractivity contribution >= 4 is 17.4 Å². The number of aromatic nitrogens is 2. The second kappa shape index (κ2) is 7.82. The van der Waals surface area contributed by atoms with Crippen LogP contribution >= 0.6 is 0 Å². The van der Waals surface area contributed by atoms with Crippen molar-refractivity contribution in [3.8, 4) is 0 Å². The van der Waals surface area contributed by atoms with Crippen molar-refractivity contribution in [1.82, 2.24) is 9.55 Å². The van der Waals surface area contributed by atoms with Crippen LogP contribution in [0.1, 0.15) is 47.0 Å². The average molecular weight is 310 g/mol. The molecule has 1 rings (SSSR count). The van der Waals surface area contributed by atoms with Crippen molar-refractivity contribution in [3.63, 3.8) is 0 Å². The Kier molecular flexibility index (Phi) is 6.39. The van der Waals surface area contributed by atoms with Crippen LogP contribution in [0.5, 0.6) is 0 Å². The second-order valence-corrected chi connectivity index (χ2v) is 5.39. The van der Waals surface area contributed by atoms with Gasteiger partial charge in [-0.05, 0) is 19.8 Å². The van der Waals surface area contributed by atoms with E-state index in [2.05, 4.69) is 4.98 Å². The number of carbonyl (C=O) groups is 1. The van der Waals surface area contributed by atoms with Crippen LogP contribution in [0.4, 0.5) is 11.5 Å². The van der Waals surface area contributed by atoms with Gasteiger partial charge in [0.1, 0.15) is 5.82 Å². The fourth-order valence-electron chi connectivity index (χ4n) is 2.24. The van der Waals surface area contributed by atoms with Gasteiger partial charge < -0.3 is 10.6 Å². The van der Waals surface area contributed by atoms with Crippen LogP contribution in [0.25, 0.3) is 0 Å². The van der Waals surface area contributed by atoms with Gasteiger partial charge in [0.2, 0.25) is 5.91 Å². The van der Waals surface area contributed by atoms with Crippen molar-refractivity contribution in [3.05, 3.63) is 20.8 Å². The highest BCUT2D eigenvalue weighted by Gasteiger charge is 2.25. The second-order valence-electron chi connectivity index (χ2n) is 5.39. The molecular weight excluding hydrogens is 284 g/mol. The van der Waals surface area contributed by atoms with E-state index in [0.29, 0.717) is 19.5 Å². The maximum Gasteiger partial charge on any atom is 0.330 e. The lowest BCUT2D eigenvalue weighted by Gasteiger charge is -2.25. The van der Waals surface area contributed by atoms with Crippen LogP contribution in [0.15, 0.2) is 9.59 Å². The third-order valence-corrected chi connectivity index (χ3v) is 3.84. The van der Waals surface area contributed by atoms with Crippen LogP contribution in [0, 0.1) is 5.92 Å². The molecule has 1 heterocycles. The molecular formula is C15H26N4O3. The lowest BCUT2D eigenvalue weighted by atomic mass is 10.1. The Balaban J connectivity index is 3.41. The number of rotatable bonds is 7. The van der Waals surface area contributed by atoms with Crippen molar-refractivity contribution in [1.29, 1.82) is 0 Å². The maximum atomic E-state index is 12.5. The molecule has 0 saturated heterocycles. The Bertz CT molecular complexity index is 633. The topological polar surface area (TPSA) is 101 Å². The van der Waals surface area contributed by atoms with Crippen molar-refractivity contribution in [2.24, 2.45) is 5.92 Å². The van der Waals surface area contributed by atoms with Crippen molar-refractivity contribution in [2.45, 2.75) is 53.5 Å². The Labute approximate surface area is 130 Å². The van der Waals surface area contributed by atoms with Gasteiger partial charge in [-0.2, -0.15) is 0 Å². The van der Waals surface area contributed by atoms with E-state index in [4.69, 9.17) is 5.73 Å². The summed E-state index contributed by atoms with van der Waals surface area (Å²) in [5.41, 5.74) is 4.95. The van der Waals surface area contributed by atoms with Gasteiger partial charge in [-0.1, -0.05) is 27.2 Å². The van der Waals surface area contributed by atoms with E-state index in [9.17, 15) is 14.4 Å². The molecule has 3 N–H and O–H groups in total. The van der Waals surface area contributed by atoms with Crippen LogP contribution < -0.4 is 21.9 Å². The smallest absolute Gasteiger partial charge is 0.330 e. The molecule has 1 unspecified atom stereocenters. The van der Waals surface area contributed by atoms with E-state index in [1.165, 1.54) is 9.47 Å².